The van der Waals surface area contributed by atoms with E-state index in [0.29, 0.717) is 23.6 Å². The van der Waals surface area contributed by atoms with Crippen molar-refractivity contribution in [2.45, 2.75) is 32.2 Å². The minimum Gasteiger partial charge on any atom is -0.383 e. The molecular formula is C23H33F2N8O3S+. The first-order chi connectivity index (χ1) is 17.8. The molecule has 1 fully saturated rings. The Morgan fingerprint density at radius 2 is 1.95 bits per heavy atom. The summed E-state index contributed by atoms with van der Waals surface area (Å²) in [5, 5.41) is 4.59. The molecule has 0 unspecified atom stereocenters. The number of hydrogen-bond donors (Lipinski definition) is 4. The topological polar surface area (TPSA) is 128 Å². The van der Waals surface area contributed by atoms with Gasteiger partial charge in [0.2, 0.25) is 16.0 Å². The van der Waals surface area contributed by atoms with Crippen LogP contribution < -0.4 is 26.0 Å². The van der Waals surface area contributed by atoms with E-state index in [2.05, 4.69) is 30.3 Å². The molecule has 11 nitrogen and oxygen atoms in total. The molecule has 0 spiro atoms. The summed E-state index contributed by atoms with van der Waals surface area (Å²) in [6, 6.07) is 2.37. The van der Waals surface area contributed by atoms with Crippen LogP contribution in [0.2, 0.25) is 0 Å². The predicted molar refractivity (Wildman–Crippen MR) is 137 cm³/mol. The van der Waals surface area contributed by atoms with Gasteiger partial charge < -0.3 is 15.0 Å². The van der Waals surface area contributed by atoms with Gasteiger partial charge in [-0.25, -0.2) is 32.6 Å². The number of likely N-dealkylation sites (tertiary alicyclic amines) is 1. The number of quaternary nitrogens is 1. The van der Waals surface area contributed by atoms with Gasteiger partial charge in [0.25, 0.3) is 0 Å². The molecule has 0 bridgehead atoms. The summed E-state index contributed by atoms with van der Waals surface area (Å²) in [5.41, 5.74) is 4.78. The zero-order valence-corrected chi connectivity index (χ0v) is 21.7. The Morgan fingerprint density at radius 3 is 2.62 bits per heavy atom. The van der Waals surface area contributed by atoms with E-state index >= 15 is 4.39 Å². The van der Waals surface area contributed by atoms with Crippen LogP contribution in [0.4, 0.5) is 26.1 Å². The average molecular weight is 540 g/mol. The lowest BCUT2D eigenvalue weighted by molar-refractivity contribution is -0.696. The summed E-state index contributed by atoms with van der Waals surface area (Å²) in [7, 11) is -2.03. The lowest BCUT2D eigenvalue weighted by Crippen LogP contribution is -2.97. The number of halogens is 2. The van der Waals surface area contributed by atoms with Crippen LogP contribution in [0.1, 0.15) is 31.7 Å². The molecule has 37 heavy (non-hydrogen) atoms. The molecule has 2 aliphatic heterocycles. The summed E-state index contributed by atoms with van der Waals surface area (Å²) in [5.74, 6) is -1.50. The fourth-order valence-electron chi connectivity index (χ4n) is 4.23. The standard InChI is InChI=1S/C23H32F2N8O3S/c1-3-12-37(34,35)30-19-5-4-18(24)22(21(19)25)33-15-20(29-31-33)16-13-26-23(27-14-16)28-17-6-8-32(9-7-17)10-11-36-2/h4-5,13-15,17,29-31H,3,6-12H2,1-2H3,(H,26,27,28)/p+1. The Morgan fingerprint density at radius 1 is 1.22 bits per heavy atom. The van der Waals surface area contributed by atoms with Crippen molar-refractivity contribution >= 4 is 33.0 Å². The Bertz CT molecular complexity index is 1210. The largest absolute Gasteiger partial charge is 0.383 e. The van der Waals surface area contributed by atoms with Gasteiger partial charge in [0, 0.05) is 50.7 Å². The second kappa shape index (κ2) is 12.0. The summed E-state index contributed by atoms with van der Waals surface area (Å²) in [4.78, 5) is 11.2. The van der Waals surface area contributed by atoms with E-state index in [-0.39, 0.29) is 17.5 Å². The van der Waals surface area contributed by atoms with Gasteiger partial charge in [0.15, 0.2) is 17.3 Å². The third-order valence-corrected chi connectivity index (χ3v) is 7.66. The molecule has 14 heteroatoms. The highest BCUT2D eigenvalue weighted by Gasteiger charge is 2.28. The molecule has 2 aliphatic rings. The van der Waals surface area contributed by atoms with Crippen LogP contribution in [-0.4, -0.2) is 68.4 Å². The molecule has 3 heterocycles. The number of rotatable bonds is 11. The average Bonchev–Trinajstić information content (AvgIpc) is 3.35. The van der Waals surface area contributed by atoms with E-state index in [0.717, 1.165) is 51.2 Å². The Balaban J connectivity index is 1.41. The number of aromatic nitrogens is 2. The molecule has 0 aliphatic carbocycles. The van der Waals surface area contributed by atoms with Crippen LogP contribution in [0.25, 0.3) is 5.70 Å². The van der Waals surface area contributed by atoms with Gasteiger partial charge >= 0.3 is 0 Å². The molecule has 1 saturated heterocycles. The van der Waals surface area contributed by atoms with Crippen molar-refractivity contribution in [1.82, 2.24) is 20.3 Å². The van der Waals surface area contributed by atoms with Crippen LogP contribution in [-0.2, 0) is 14.8 Å². The predicted octanol–water partition coefficient (Wildman–Crippen LogP) is 1.23. The van der Waals surface area contributed by atoms with E-state index in [1.807, 2.05) is 0 Å². The minimum absolute atomic E-state index is 0.168. The molecular weight excluding hydrogens is 506 g/mol. The van der Waals surface area contributed by atoms with Gasteiger partial charge in [-0.2, -0.15) is 5.01 Å². The summed E-state index contributed by atoms with van der Waals surface area (Å²) in [6.45, 7) is 5.32. The summed E-state index contributed by atoms with van der Waals surface area (Å²) in [6.07, 6.45) is 7.08. The molecule has 1 aromatic heterocycles. The summed E-state index contributed by atoms with van der Waals surface area (Å²) >= 11 is 0. The normalized spacial score (nSPS) is 17.0. The maximum absolute atomic E-state index is 15.1. The van der Waals surface area contributed by atoms with E-state index in [1.54, 1.807) is 26.4 Å². The van der Waals surface area contributed by atoms with E-state index in [9.17, 15) is 12.8 Å². The van der Waals surface area contributed by atoms with Crippen molar-refractivity contribution in [3.63, 3.8) is 0 Å². The number of benzene rings is 1. The maximum atomic E-state index is 15.1. The van der Waals surface area contributed by atoms with Gasteiger partial charge in [-0.05, 0) is 31.4 Å². The van der Waals surface area contributed by atoms with Gasteiger partial charge in [-0.1, -0.05) is 6.92 Å². The van der Waals surface area contributed by atoms with Crippen molar-refractivity contribution < 1.29 is 27.5 Å². The number of anilines is 3. The summed E-state index contributed by atoms with van der Waals surface area (Å²) < 4.78 is 61.2. The van der Waals surface area contributed by atoms with Crippen molar-refractivity contribution in [3.05, 3.63) is 47.9 Å². The van der Waals surface area contributed by atoms with Crippen LogP contribution in [0, 0.1) is 11.6 Å². The lowest BCUT2D eigenvalue weighted by Gasteiger charge is -2.32. The SMILES string of the molecule is CCCS(=O)(=O)Nc1ccc(F)c(N2C=C(c3cnc(NC4CCN(CCOC)CC4)nc3)N[NH2+]2)c1F. The minimum atomic E-state index is -3.74. The maximum Gasteiger partial charge on any atom is 0.232 e. The highest BCUT2D eigenvalue weighted by molar-refractivity contribution is 7.92. The van der Waals surface area contributed by atoms with Gasteiger partial charge in [0.1, 0.15) is 5.70 Å². The molecule has 2 aromatic rings. The van der Waals surface area contributed by atoms with Crippen LogP contribution in [0.15, 0.2) is 30.7 Å². The molecule has 4 rings (SSSR count). The molecule has 1 aromatic carbocycles. The van der Waals surface area contributed by atoms with Crippen LogP contribution in [0.5, 0.6) is 0 Å². The molecule has 0 amide bonds. The Labute approximate surface area is 215 Å². The van der Waals surface area contributed by atoms with E-state index in [4.69, 9.17) is 4.74 Å². The number of nitrogens with zero attached hydrogens (tertiary/aromatic N) is 4. The fourth-order valence-corrected chi connectivity index (χ4v) is 5.36. The fraction of sp³-hybridized carbons (Fsp3) is 0.478. The molecule has 0 atom stereocenters. The van der Waals surface area contributed by atoms with E-state index in [1.165, 1.54) is 16.7 Å². The third-order valence-electron chi connectivity index (χ3n) is 6.19. The van der Waals surface area contributed by atoms with Crippen LogP contribution in [0.3, 0.4) is 0 Å². The molecule has 0 radical (unpaired) electrons. The molecule has 202 valence electrons. The second-order valence-electron chi connectivity index (χ2n) is 8.95. The first-order valence-electron chi connectivity index (χ1n) is 12.2. The number of piperidine rings is 1. The molecule has 5 N–H and O–H groups in total. The zero-order valence-electron chi connectivity index (χ0n) is 20.9. The number of methoxy groups -OCH3 is 1. The number of hydrogen-bond acceptors (Lipinski definition) is 9. The quantitative estimate of drug-likeness (QED) is 0.312. The first kappa shape index (κ1) is 27.0. The van der Waals surface area contributed by atoms with Gasteiger partial charge in [-0.15, -0.1) is 5.53 Å². The Kier molecular flexibility index (Phi) is 8.74. The van der Waals surface area contributed by atoms with Crippen molar-refractivity contribution in [3.8, 4) is 0 Å². The van der Waals surface area contributed by atoms with Crippen LogP contribution >= 0.6 is 0 Å². The van der Waals surface area contributed by atoms with Gasteiger partial charge in [-0.3, -0.25) is 4.72 Å². The number of ether oxygens (including phenoxy) is 1. The van der Waals surface area contributed by atoms with Gasteiger partial charge in [0.05, 0.1) is 24.2 Å². The van der Waals surface area contributed by atoms with Crippen molar-refractivity contribution in [1.29, 1.82) is 0 Å². The van der Waals surface area contributed by atoms with Crippen molar-refractivity contribution in [2.24, 2.45) is 0 Å². The first-order valence-corrected chi connectivity index (χ1v) is 13.8. The number of nitrogens with two attached hydrogens (primary N) is 1. The highest BCUT2D eigenvalue weighted by Crippen LogP contribution is 2.30. The molecule has 0 saturated carbocycles. The highest BCUT2D eigenvalue weighted by atomic mass is 32.2. The Hall–Kier alpha value is -3.07. The monoisotopic (exact) mass is 539 g/mol. The lowest BCUT2D eigenvalue weighted by atomic mass is 10.1. The number of sulfonamides is 1. The zero-order chi connectivity index (χ0) is 26.4. The number of nitrogens with one attached hydrogen (secondary N) is 3. The second-order valence-corrected chi connectivity index (χ2v) is 10.8. The third kappa shape index (κ3) is 6.83. The van der Waals surface area contributed by atoms with E-state index < -0.39 is 27.3 Å². The smallest absolute Gasteiger partial charge is 0.232 e. The van der Waals surface area contributed by atoms with Crippen molar-refractivity contribution in [2.75, 3.05) is 54.2 Å².